The predicted octanol–water partition coefficient (Wildman–Crippen LogP) is -0.415. The van der Waals surface area contributed by atoms with Crippen LogP contribution < -0.4 is 5.73 Å². The molecule has 2 atom stereocenters. The van der Waals surface area contributed by atoms with Gasteiger partial charge < -0.3 is 15.4 Å². The summed E-state index contributed by atoms with van der Waals surface area (Å²) >= 11 is 7.56. The van der Waals surface area contributed by atoms with E-state index in [9.17, 15) is 9.00 Å². The fourth-order valence-electron chi connectivity index (χ4n) is 0.0781. The van der Waals surface area contributed by atoms with Crippen molar-refractivity contribution in [2.45, 2.75) is 6.04 Å². The maximum atomic E-state index is 9.76. The van der Waals surface area contributed by atoms with E-state index < -0.39 is 20.8 Å². The summed E-state index contributed by atoms with van der Waals surface area (Å²) in [7, 11) is -2.83. The van der Waals surface area contributed by atoms with Crippen molar-refractivity contribution >= 4 is 51.0 Å². The summed E-state index contributed by atoms with van der Waals surface area (Å²) in [6.07, 6.45) is 1.09. The van der Waals surface area contributed by atoms with Crippen LogP contribution in [0.1, 0.15) is 0 Å². The molecule has 0 aliphatic heterocycles. The Balaban J connectivity index is -0.000000150. The molecule has 0 spiro atoms. The van der Waals surface area contributed by atoms with E-state index in [1.807, 2.05) is 0 Å². The number of rotatable bonds is 2. The minimum atomic E-state index is -2.83. The number of halogens is 1. The van der Waals surface area contributed by atoms with E-state index in [0.29, 0.717) is 0 Å². The molecule has 1 unspecified atom stereocenters. The van der Waals surface area contributed by atoms with Crippen molar-refractivity contribution < 1.29 is 18.7 Å². The SMILES string of the molecule is CS(=O)(O)=S.Cl.N[C@H](CS)C(=O)O. The smallest absolute Gasteiger partial charge is 0.321 e. The molecule has 0 aromatic heterocycles. The molecule has 0 aliphatic rings. The molecule has 0 rings (SSSR count). The highest BCUT2D eigenvalue weighted by molar-refractivity contribution is 8.29. The van der Waals surface area contributed by atoms with Crippen molar-refractivity contribution in [3.8, 4) is 0 Å². The molecule has 82 valence electrons. The van der Waals surface area contributed by atoms with Crippen molar-refractivity contribution in [2.75, 3.05) is 12.0 Å². The Kier molecular flexibility index (Phi) is 13.2. The molecule has 0 aromatic carbocycles. The zero-order valence-electron chi connectivity index (χ0n) is 6.74. The van der Waals surface area contributed by atoms with Crippen LogP contribution in [0.2, 0.25) is 0 Å². The second-order valence-electron chi connectivity index (χ2n) is 1.86. The molecule has 0 bridgehead atoms. The van der Waals surface area contributed by atoms with Crippen LogP contribution in [-0.2, 0) is 24.8 Å². The molecule has 0 saturated heterocycles. The topological polar surface area (TPSA) is 101 Å². The van der Waals surface area contributed by atoms with Gasteiger partial charge in [-0.05, 0) is 0 Å². The number of nitrogens with two attached hydrogens (primary N) is 1. The first kappa shape index (κ1) is 19.0. The third kappa shape index (κ3) is 32.7. The van der Waals surface area contributed by atoms with Crippen molar-refractivity contribution in [1.29, 1.82) is 0 Å². The van der Waals surface area contributed by atoms with Gasteiger partial charge in [-0.25, -0.2) is 4.21 Å². The Morgan fingerprint density at radius 1 is 1.77 bits per heavy atom. The van der Waals surface area contributed by atoms with Crippen molar-refractivity contribution in [3.05, 3.63) is 0 Å². The molecule has 4 N–H and O–H groups in total. The molecule has 0 heterocycles. The van der Waals surface area contributed by atoms with Crippen LogP contribution in [-0.4, -0.2) is 37.9 Å². The Bertz CT molecular complexity index is 222. The van der Waals surface area contributed by atoms with Crippen molar-refractivity contribution in [2.24, 2.45) is 5.73 Å². The van der Waals surface area contributed by atoms with E-state index in [2.05, 4.69) is 23.8 Å². The zero-order chi connectivity index (χ0) is 10.4. The number of thiol groups is 1. The molecule has 0 radical (unpaired) electrons. The van der Waals surface area contributed by atoms with Gasteiger partial charge in [0, 0.05) is 23.2 Å². The lowest BCUT2D eigenvalue weighted by Crippen LogP contribution is -2.31. The zero-order valence-corrected chi connectivity index (χ0v) is 10.1. The van der Waals surface area contributed by atoms with Crippen LogP contribution in [0.25, 0.3) is 0 Å². The van der Waals surface area contributed by atoms with E-state index >= 15 is 0 Å². The van der Waals surface area contributed by atoms with Gasteiger partial charge in [0.2, 0.25) is 0 Å². The largest absolute Gasteiger partial charge is 0.480 e. The molecule has 0 fully saturated rings. The summed E-state index contributed by atoms with van der Waals surface area (Å²) in [5, 5.41) is 8.01. The molecular formula is C4H12ClNO4S3. The summed E-state index contributed by atoms with van der Waals surface area (Å²) in [5.41, 5.74) is 4.94. The molecule has 13 heavy (non-hydrogen) atoms. The summed E-state index contributed by atoms with van der Waals surface area (Å²) in [6.45, 7) is 0. The van der Waals surface area contributed by atoms with E-state index in [4.69, 9.17) is 15.4 Å². The Morgan fingerprint density at radius 2 is 2.00 bits per heavy atom. The number of carboxylic acid groups (broad SMARTS) is 1. The third-order valence-corrected chi connectivity index (χ3v) is 0.907. The summed E-state index contributed by atoms with van der Waals surface area (Å²) in [4.78, 5) is 9.76. The van der Waals surface area contributed by atoms with Gasteiger partial charge in [-0.2, -0.15) is 12.6 Å². The van der Waals surface area contributed by atoms with E-state index in [1.165, 1.54) is 0 Å². The first-order valence-corrected chi connectivity index (χ1v) is 6.18. The average molecular weight is 270 g/mol. The summed E-state index contributed by atoms with van der Waals surface area (Å²) < 4.78 is 17.4. The van der Waals surface area contributed by atoms with E-state index in [-0.39, 0.29) is 18.2 Å². The normalized spacial score (nSPS) is 15.4. The van der Waals surface area contributed by atoms with Gasteiger partial charge in [-0.15, -0.1) is 12.4 Å². The van der Waals surface area contributed by atoms with Gasteiger partial charge >= 0.3 is 5.97 Å². The number of carbonyl (C=O) groups is 1. The highest BCUT2D eigenvalue weighted by atomic mass is 35.5. The van der Waals surface area contributed by atoms with Crippen molar-refractivity contribution in [3.63, 3.8) is 0 Å². The van der Waals surface area contributed by atoms with Gasteiger partial charge in [0.1, 0.15) is 14.8 Å². The van der Waals surface area contributed by atoms with Crippen LogP contribution in [0.5, 0.6) is 0 Å². The number of aliphatic carboxylic acids is 1. The standard InChI is InChI=1S/C3H7NO2S.CH4O2S2.ClH/c4-2(1-7)3(5)6;1-5(2,3)4;/h2,7H,1,4H2,(H,5,6);1H3,(H,2,3,4);1H/t2-;;/m1../s1. The highest BCUT2D eigenvalue weighted by Crippen LogP contribution is 1.80. The first-order chi connectivity index (χ1) is 5.18. The summed E-state index contributed by atoms with van der Waals surface area (Å²) in [5.74, 6) is -0.815. The van der Waals surface area contributed by atoms with Crippen LogP contribution in [0.4, 0.5) is 0 Å². The number of hydrogen-bond acceptors (Lipinski definition) is 5. The number of carboxylic acids is 1. The summed E-state index contributed by atoms with van der Waals surface area (Å²) in [6, 6.07) is -0.816. The van der Waals surface area contributed by atoms with E-state index in [0.717, 1.165) is 6.26 Å². The third-order valence-electron chi connectivity index (χ3n) is 0.514. The molecule has 5 nitrogen and oxygen atoms in total. The fourth-order valence-corrected chi connectivity index (χ4v) is 0.234. The highest BCUT2D eigenvalue weighted by Gasteiger charge is 2.06. The van der Waals surface area contributed by atoms with Gasteiger partial charge in [-0.1, -0.05) is 0 Å². The molecule has 9 heteroatoms. The van der Waals surface area contributed by atoms with Gasteiger partial charge in [-0.3, -0.25) is 4.79 Å². The second kappa shape index (κ2) is 8.97. The lowest BCUT2D eigenvalue weighted by atomic mass is 10.4. The maximum Gasteiger partial charge on any atom is 0.321 e. The lowest BCUT2D eigenvalue weighted by molar-refractivity contribution is -0.137. The minimum absolute atomic E-state index is 0. The van der Waals surface area contributed by atoms with E-state index in [1.54, 1.807) is 0 Å². The molecule has 0 aliphatic carbocycles. The quantitative estimate of drug-likeness (QED) is 0.509. The monoisotopic (exact) mass is 269 g/mol. The second-order valence-corrected chi connectivity index (χ2v) is 5.55. The van der Waals surface area contributed by atoms with Crippen LogP contribution in [0, 0.1) is 0 Å². The first-order valence-electron chi connectivity index (χ1n) is 2.70. The van der Waals surface area contributed by atoms with Gasteiger partial charge in [0.05, 0.1) is 0 Å². The van der Waals surface area contributed by atoms with Gasteiger partial charge in [0.25, 0.3) is 0 Å². The fraction of sp³-hybridized carbons (Fsp3) is 0.750. The Labute approximate surface area is 93.4 Å². The molecule has 0 saturated carbocycles. The van der Waals surface area contributed by atoms with Crippen molar-refractivity contribution in [1.82, 2.24) is 0 Å². The van der Waals surface area contributed by atoms with Crippen LogP contribution in [0.3, 0.4) is 0 Å². The molecule has 0 aromatic rings. The lowest BCUT2D eigenvalue weighted by Gasteiger charge is -1.96. The Hall–Kier alpha value is 0.400. The van der Waals surface area contributed by atoms with Crippen LogP contribution >= 0.6 is 25.0 Å². The number of hydrogen-bond donors (Lipinski definition) is 4. The average Bonchev–Trinajstić information content (AvgIpc) is 1.82. The molecular weight excluding hydrogens is 258 g/mol. The maximum absolute atomic E-state index is 9.76. The molecule has 0 amide bonds. The minimum Gasteiger partial charge on any atom is -0.480 e. The van der Waals surface area contributed by atoms with Crippen LogP contribution in [0.15, 0.2) is 0 Å². The predicted molar refractivity (Wildman–Crippen MR) is 60.8 cm³/mol. The van der Waals surface area contributed by atoms with Gasteiger partial charge in [0.15, 0.2) is 0 Å². The Morgan fingerprint density at radius 3 is 2.00 bits per heavy atom.